The molecule has 1 saturated heterocycles. The van der Waals surface area contributed by atoms with Gasteiger partial charge in [0.25, 0.3) is 11.9 Å². The van der Waals surface area contributed by atoms with Crippen LogP contribution in [0.2, 0.25) is 0 Å². The number of aryl methyl sites for hydroxylation is 1. The van der Waals surface area contributed by atoms with Crippen LogP contribution in [0.3, 0.4) is 0 Å². The number of aromatic nitrogens is 2. The molecule has 1 saturated carbocycles. The molecule has 2 aromatic heterocycles. The van der Waals surface area contributed by atoms with Crippen molar-refractivity contribution in [2.75, 3.05) is 37.7 Å². The first-order valence-electron chi connectivity index (χ1n) is 10.6. The molecule has 3 heterocycles. The highest BCUT2D eigenvalue weighted by Crippen LogP contribution is 2.45. The van der Waals surface area contributed by atoms with Gasteiger partial charge in [-0.15, -0.1) is 0 Å². The molecule has 0 unspecified atom stereocenters. The summed E-state index contributed by atoms with van der Waals surface area (Å²) >= 11 is 0. The molecule has 5 rings (SSSR count). The number of hydrogen-bond acceptors (Lipinski definition) is 6. The second-order valence-corrected chi connectivity index (χ2v) is 8.79. The van der Waals surface area contributed by atoms with Crippen LogP contribution in [0.4, 0.5) is 10.4 Å². The van der Waals surface area contributed by atoms with E-state index in [1.54, 1.807) is 17.0 Å². The quantitative estimate of drug-likeness (QED) is 0.620. The summed E-state index contributed by atoms with van der Waals surface area (Å²) in [4.78, 5) is 25.4. The summed E-state index contributed by atoms with van der Waals surface area (Å²) in [7, 11) is 0. The number of pyridine rings is 1. The standard InChI is InChI=1S/C23H25FN4O3/c1-15-3-5-19-20(25-15)26-22(31-19)28-11-9-27(10-12-28)21(29)16-4-6-18(17(24)13-16)30-14-23(2)7-8-23/h3-6,13H,7-12,14H2,1-2H3. The van der Waals surface area contributed by atoms with Crippen molar-refractivity contribution < 1.29 is 18.3 Å². The second kappa shape index (κ2) is 7.51. The van der Waals surface area contributed by atoms with Gasteiger partial charge >= 0.3 is 0 Å². The molecule has 0 atom stereocenters. The van der Waals surface area contributed by atoms with Crippen LogP contribution in [-0.2, 0) is 0 Å². The second-order valence-electron chi connectivity index (χ2n) is 8.79. The number of hydrogen-bond donors (Lipinski definition) is 0. The number of rotatable bonds is 5. The zero-order chi connectivity index (χ0) is 21.6. The Morgan fingerprint density at radius 1 is 1.16 bits per heavy atom. The SMILES string of the molecule is Cc1ccc2oc(N3CCN(C(=O)c4ccc(OCC5(C)CC5)c(F)c4)CC3)nc2n1. The van der Waals surface area contributed by atoms with Gasteiger partial charge in [-0.1, -0.05) is 6.92 Å². The number of benzene rings is 1. The van der Waals surface area contributed by atoms with Gasteiger partial charge in [0.05, 0.1) is 6.61 Å². The Morgan fingerprint density at radius 3 is 2.65 bits per heavy atom. The molecular weight excluding hydrogens is 399 g/mol. The van der Waals surface area contributed by atoms with Crippen LogP contribution in [-0.4, -0.2) is 53.6 Å². The minimum absolute atomic E-state index is 0.171. The van der Waals surface area contributed by atoms with Crippen LogP contribution in [0.1, 0.15) is 35.8 Å². The van der Waals surface area contributed by atoms with Crippen molar-refractivity contribution in [1.82, 2.24) is 14.9 Å². The summed E-state index contributed by atoms with van der Waals surface area (Å²) in [5.41, 5.74) is 2.62. The zero-order valence-electron chi connectivity index (χ0n) is 17.7. The summed E-state index contributed by atoms with van der Waals surface area (Å²) < 4.78 is 25.9. The number of fused-ring (bicyclic) bond motifs is 1. The molecule has 1 aliphatic heterocycles. The first kappa shape index (κ1) is 19.8. The normalized spacial score (nSPS) is 17.8. The molecule has 162 valence electrons. The molecule has 0 N–H and O–H groups in total. The number of anilines is 1. The van der Waals surface area contributed by atoms with Gasteiger partial charge in [0.2, 0.25) is 5.65 Å². The smallest absolute Gasteiger partial charge is 0.300 e. The van der Waals surface area contributed by atoms with Crippen molar-refractivity contribution in [2.24, 2.45) is 5.41 Å². The molecule has 1 amide bonds. The summed E-state index contributed by atoms with van der Waals surface area (Å²) in [6.07, 6.45) is 2.22. The number of carbonyl (C=O) groups is 1. The molecule has 0 spiro atoms. The van der Waals surface area contributed by atoms with Gasteiger partial charge in [-0.3, -0.25) is 4.79 Å². The van der Waals surface area contributed by atoms with Crippen LogP contribution in [0, 0.1) is 18.2 Å². The fourth-order valence-corrected chi connectivity index (χ4v) is 3.68. The predicted molar refractivity (Wildman–Crippen MR) is 114 cm³/mol. The predicted octanol–water partition coefficient (Wildman–Crippen LogP) is 3.81. The molecule has 31 heavy (non-hydrogen) atoms. The number of piperazine rings is 1. The zero-order valence-corrected chi connectivity index (χ0v) is 17.7. The molecular formula is C23H25FN4O3. The van der Waals surface area contributed by atoms with E-state index in [0.717, 1.165) is 18.5 Å². The highest BCUT2D eigenvalue weighted by atomic mass is 19.1. The Bertz CT molecular complexity index is 1130. The van der Waals surface area contributed by atoms with Gasteiger partial charge in [0.1, 0.15) is 0 Å². The lowest BCUT2D eigenvalue weighted by atomic mass is 10.1. The van der Waals surface area contributed by atoms with E-state index in [4.69, 9.17) is 9.15 Å². The molecule has 2 aliphatic rings. The number of ether oxygens (including phenoxy) is 1. The molecule has 1 aromatic carbocycles. The molecule has 0 bridgehead atoms. The van der Waals surface area contributed by atoms with Crippen LogP contribution < -0.4 is 9.64 Å². The topological polar surface area (TPSA) is 71.7 Å². The Morgan fingerprint density at radius 2 is 1.94 bits per heavy atom. The number of oxazole rings is 1. The number of amides is 1. The Kier molecular flexibility index (Phi) is 4.79. The van der Waals surface area contributed by atoms with Crippen molar-refractivity contribution in [3.8, 4) is 5.75 Å². The van der Waals surface area contributed by atoms with Crippen LogP contribution in [0.5, 0.6) is 5.75 Å². The Hall–Kier alpha value is -3.16. The Labute approximate surface area is 179 Å². The summed E-state index contributed by atoms with van der Waals surface area (Å²) in [5.74, 6) is -0.480. The molecule has 7 nitrogen and oxygen atoms in total. The molecule has 0 radical (unpaired) electrons. The van der Waals surface area contributed by atoms with Crippen molar-refractivity contribution in [1.29, 1.82) is 0 Å². The lowest BCUT2D eigenvalue weighted by molar-refractivity contribution is 0.0744. The first-order chi connectivity index (χ1) is 14.9. The van der Waals surface area contributed by atoms with Crippen LogP contribution >= 0.6 is 0 Å². The molecule has 8 heteroatoms. The van der Waals surface area contributed by atoms with Crippen LogP contribution in [0.15, 0.2) is 34.7 Å². The third-order valence-electron chi connectivity index (χ3n) is 6.08. The fraction of sp³-hybridized carbons (Fsp3) is 0.435. The van der Waals surface area contributed by atoms with E-state index in [1.807, 2.05) is 24.0 Å². The number of halogens is 1. The maximum atomic E-state index is 14.5. The summed E-state index contributed by atoms with van der Waals surface area (Å²) in [6.45, 7) is 6.71. The van der Waals surface area contributed by atoms with E-state index in [1.165, 1.54) is 6.07 Å². The fourth-order valence-electron chi connectivity index (χ4n) is 3.68. The van der Waals surface area contributed by atoms with E-state index in [-0.39, 0.29) is 17.1 Å². The van der Waals surface area contributed by atoms with Gasteiger partial charge in [-0.25, -0.2) is 9.37 Å². The van der Waals surface area contributed by atoms with Gasteiger partial charge in [-0.05, 0) is 50.1 Å². The van der Waals surface area contributed by atoms with E-state index < -0.39 is 5.82 Å². The van der Waals surface area contributed by atoms with Gasteiger partial charge in [0, 0.05) is 42.9 Å². The highest BCUT2D eigenvalue weighted by Gasteiger charge is 2.38. The van der Waals surface area contributed by atoms with Gasteiger partial charge in [-0.2, -0.15) is 4.98 Å². The Balaban J connectivity index is 1.21. The lowest BCUT2D eigenvalue weighted by Crippen LogP contribution is -2.49. The largest absolute Gasteiger partial charge is 0.490 e. The maximum Gasteiger partial charge on any atom is 0.300 e. The first-order valence-corrected chi connectivity index (χ1v) is 10.6. The minimum Gasteiger partial charge on any atom is -0.490 e. The van der Waals surface area contributed by atoms with Crippen molar-refractivity contribution in [2.45, 2.75) is 26.7 Å². The van der Waals surface area contributed by atoms with E-state index in [9.17, 15) is 9.18 Å². The third kappa shape index (κ3) is 4.06. The number of nitrogens with zero attached hydrogens (tertiary/aromatic N) is 4. The average molecular weight is 424 g/mol. The van der Waals surface area contributed by atoms with Gasteiger partial charge in [0.15, 0.2) is 17.1 Å². The number of carbonyl (C=O) groups excluding carboxylic acids is 1. The van der Waals surface area contributed by atoms with Crippen LogP contribution in [0.25, 0.3) is 11.2 Å². The van der Waals surface area contributed by atoms with Gasteiger partial charge < -0.3 is 19.0 Å². The molecule has 1 aliphatic carbocycles. The summed E-state index contributed by atoms with van der Waals surface area (Å²) in [5, 5.41) is 0. The summed E-state index contributed by atoms with van der Waals surface area (Å²) in [6, 6.07) is 8.72. The van der Waals surface area contributed by atoms with Crippen molar-refractivity contribution >= 4 is 23.2 Å². The van der Waals surface area contributed by atoms with Crippen molar-refractivity contribution in [3.63, 3.8) is 0 Å². The van der Waals surface area contributed by atoms with Crippen molar-refractivity contribution in [3.05, 3.63) is 47.4 Å². The monoisotopic (exact) mass is 424 g/mol. The van der Waals surface area contributed by atoms with E-state index in [2.05, 4.69) is 16.9 Å². The van der Waals surface area contributed by atoms with E-state index in [0.29, 0.717) is 55.6 Å². The average Bonchev–Trinajstić information content (AvgIpc) is 3.36. The maximum absolute atomic E-state index is 14.5. The molecule has 3 aromatic rings. The van der Waals surface area contributed by atoms with E-state index >= 15 is 0 Å². The third-order valence-corrected chi connectivity index (χ3v) is 6.08. The highest BCUT2D eigenvalue weighted by molar-refractivity contribution is 5.94. The lowest BCUT2D eigenvalue weighted by Gasteiger charge is -2.33. The minimum atomic E-state index is -0.497. The molecule has 2 fully saturated rings.